The zero-order valence-corrected chi connectivity index (χ0v) is 14.6. The van der Waals surface area contributed by atoms with Crippen LogP contribution in [-0.2, 0) is 27.7 Å². The molecule has 1 N–H and O–H groups in total. The molecule has 1 aromatic rings. The Morgan fingerprint density at radius 3 is 2.78 bits per heavy atom. The van der Waals surface area contributed by atoms with Gasteiger partial charge in [-0.05, 0) is 44.1 Å². The monoisotopic (exact) mass is 353 g/mol. The Balaban J connectivity index is 1.84. The van der Waals surface area contributed by atoms with Crippen LogP contribution in [0.25, 0.3) is 0 Å². The van der Waals surface area contributed by atoms with E-state index in [1.54, 1.807) is 0 Å². The van der Waals surface area contributed by atoms with Gasteiger partial charge in [0.25, 0.3) is 0 Å². The van der Waals surface area contributed by atoms with E-state index in [4.69, 9.17) is 0 Å². The summed E-state index contributed by atoms with van der Waals surface area (Å²) >= 11 is 1.46. The molecule has 0 radical (unpaired) electrons. The first-order valence-corrected chi connectivity index (χ1v) is 10.4. The Labute approximate surface area is 140 Å². The van der Waals surface area contributed by atoms with Gasteiger partial charge in [0.05, 0.1) is 11.8 Å². The van der Waals surface area contributed by atoms with Crippen LogP contribution < -0.4 is 5.32 Å². The van der Waals surface area contributed by atoms with Gasteiger partial charge in [0.1, 0.15) is 17.1 Å². The highest BCUT2D eigenvalue weighted by Crippen LogP contribution is 2.38. The minimum absolute atomic E-state index is 0.331. The van der Waals surface area contributed by atoms with Crippen molar-refractivity contribution in [1.29, 1.82) is 5.26 Å². The van der Waals surface area contributed by atoms with Crippen molar-refractivity contribution in [2.24, 2.45) is 0 Å². The number of thiophene rings is 1. The van der Waals surface area contributed by atoms with Gasteiger partial charge in [-0.2, -0.15) is 9.57 Å². The third-order valence-electron chi connectivity index (χ3n) is 4.45. The second kappa shape index (κ2) is 6.23. The molecule has 1 atom stereocenters. The van der Waals surface area contributed by atoms with Crippen LogP contribution in [0, 0.1) is 11.3 Å². The molecule has 6 nitrogen and oxygen atoms in total. The summed E-state index contributed by atoms with van der Waals surface area (Å²) in [6.45, 7) is 0.378. The average molecular weight is 353 g/mol. The van der Waals surface area contributed by atoms with Crippen LogP contribution in [0.5, 0.6) is 0 Å². The second-order valence-corrected chi connectivity index (χ2v) is 9.09. The van der Waals surface area contributed by atoms with E-state index in [0.29, 0.717) is 30.0 Å². The van der Waals surface area contributed by atoms with Gasteiger partial charge in [-0.15, -0.1) is 11.3 Å². The summed E-state index contributed by atoms with van der Waals surface area (Å²) in [5, 5.41) is 12.8. The maximum absolute atomic E-state index is 12.5. The molecule has 1 aliphatic heterocycles. The van der Waals surface area contributed by atoms with Crippen molar-refractivity contribution in [2.75, 3.05) is 18.1 Å². The summed E-state index contributed by atoms with van der Waals surface area (Å²) in [4.78, 5) is 13.7. The zero-order valence-electron chi connectivity index (χ0n) is 13.0. The minimum Gasteiger partial charge on any atom is -0.315 e. The SMILES string of the molecule is CS(=O)(=O)N1CCCC1C(=O)Nc1sc2c(c1C#N)CCCC2. The molecule has 2 heterocycles. The Hall–Kier alpha value is -1.43. The topological polar surface area (TPSA) is 90.3 Å². The van der Waals surface area contributed by atoms with Crippen molar-refractivity contribution < 1.29 is 13.2 Å². The maximum Gasteiger partial charge on any atom is 0.243 e. The molecular formula is C15H19N3O3S2. The summed E-state index contributed by atoms with van der Waals surface area (Å²) < 4.78 is 24.8. The van der Waals surface area contributed by atoms with Crippen LogP contribution >= 0.6 is 11.3 Å². The number of hydrogen-bond donors (Lipinski definition) is 1. The molecule has 0 saturated carbocycles. The van der Waals surface area contributed by atoms with Crippen LogP contribution in [0.15, 0.2) is 0 Å². The Morgan fingerprint density at radius 2 is 2.09 bits per heavy atom. The van der Waals surface area contributed by atoms with Crippen LogP contribution in [0.2, 0.25) is 0 Å². The third-order valence-corrected chi connectivity index (χ3v) is 6.95. The second-order valence-electron chi connectivity index (χ2n) is 6.05. The van der Waals surface area contributed by atoms with Crippen LogP contribution in [0.3, 0.4) is 0 Å². The van der Waals surface area contributed by atoms with E-state index >= 15 is 0 Å². The molecule has 0 bridgehead atoms. The summed E-state index contributed by atoms with van der Waals surface area (Å²) in [6, 6.07) is 1.53. The highest BCUT2D eigenvalue weighted by Gasteiger charge is 2.37. The lowest BCUT2D eigenvalue weighted by molar-refractivity contribution is -0.119. The van der Waals surface area contributed by atoms with Gasteiger partial charge in [-0.3, -0.25) is 4.79 Å². The number of rotatable bonds is 3. The van der Waals surface area contributed by atoms with E-state index in [1.807, 2.05) is 0 Å². The first-order chi connectivity index (χ1) is 10.9. The molecule has 2 aliphatic rings. The van der Waals surface area contributed by atoms with Gasteiger partial charge in [0.2, 0.25) is 15.9 Å². The number of aryl methyl sites for hydroxylation is 1. The molecule has 0 spiro atoms. The van der Waals surface area contributed by atoms with Gasteiger partial charge in [0.15, 0.2) is 0 Å². The van der Waals surface area contributed by atoms with Gasteiger partial charge < -0.3 is 5.32 Å². The highest BCUT2D eigenvalue weighted by atomic mass is 32.2. The largest absolute Gasteiger partial charge is 0.315 e. The standard InChI is InChI=1S/C15H19N3O3S2/c1-23(20,21)18-8-4-6-12(18)14(19)17-15-11(9-16)10-5-2-3-7-13(10)22-15/h12H,2-8H2,1H3,(H,17,19). The van der Waals surface area contributed by atoms with Crippen LogP contribution in [-0.4, -0.2) is 37.5 Å². The third kappa shape index (κ3) is 3.13. The molecule has 1 aromatic heterocycles. The smallest absolute Gasteiger partial charge is 0.243 e. The van der Waals surface area contributed by atoms with Crippen molar-refractivity contribution in [3.05, 3.63) is 16.0 Å². The number of carbonyl (C=O) groups excluding carboxylic acids is 1. The number of carbonyl (C=O) groups is 1. The zero-order chi connectivity index (χ0) is 16.6. The number of sulfonamides is 1. The molecule has 8 heteroatoms. The van der Waals surface area contributed by atoms with Crippen molar-refractivity contribution in [3.63, 3.8) is 0 Å². The quantitative estimate of drug-likeness (QED) is 0.898. The van der Waals surface area contributed by atoms with E-state index < -0.39 is 16.1 Å². The maximum atomic E-state index is 12.5. The van der Waals surface area contributed by atoms with E-state index in [0.717, 1.165) is 37.5 Å². The highest BCUT2D eigenvalue weighted by molar-refractivity contribution is 7.88. The number of nitrogens with zero attached hydrogens (tertiary/aromatic N) is 2. The molecule has 23 heavy (non-hydrogen) atoms. The number of amides is 1. The molecular weight excluding hydrogens is 334 g/mol. The van der Waals surface area contributed by atoms with Gasteiger partial charge >= 0.3 is 0 Å². The molecule has 124 valence electrons. The number of nitrogens with one attached hydrogen (secondary N) is 1. The lowest BCUT2D eigenvalue weighted by Crippen LogP contribution is -2.42. The first kappa shape index (κ1) is 16.4. The molecule has 0 aromatic carbocycles. The number of anilines is 1. The van der Waals surface area contributed by atoms with Crippen LogP contribution in [0.4, 0.5) is 5.00 Å². The normalized spacial score (nSPS) is 21.7. The van der Waals surface area contributed by atoms with E-state index in [9.17, 15) is 18.5 Å². The van der Waals surface area contributed by atoms with Crippen molar-refractivity contribution in [3.8, 4) is 6.07 Å². The fourth-order valence-corrected chi connectivity index (χ4v) is 5.73. The fraction of sp³-hybridized carbons (Fsp3) is 0.600. The molecule has 1 fully saturated rings. The summed E-state index contributed by atoms with van der Waals surface area (Å²) in [5.74, 6) is -0.331. The Kier molecular flexibility index (Phi) is 4.45. The van der Waals surface area contributed by atoms with Gasteiger partial charge in [-0.25, -0.2) is 8.42 Å². The summed E-state index contributed by atoms with van der Waals surface area (Å²) in [7, 11) is -3.40. The predicted molar refractivity (Wildman–Crippen MR) is 88.9 cm³/mol. The molecule has 1 aliphatic carbocycles. The average Bonchev–Trinajstić information content (AvgIpc) is 3.10. The Morgan fingerprint density at radius 1 is 1.35 bits per heavy atom. The van der Waals surface area contributed by atoms with E-state index in [-0.39, 0.29) is 5.91 Å². The van der Waals surface area contributed by atoms with Crippen molar-refractivity contribution in [1.82, 2.24) is 4.31 Å². The van der Waals surface area contributed by atoms with Gasteiger partial charge in [0, 0.05) is 11.4 Å². The molecule has 1 amide bonds. The molecule has 1 unspecified atom stereocenters. The van der Waals surface area contributed by atoms with Crippen molar-refractivity contribution >= 4 is 32.3 Å². The number of nitriles is 1. The fourth-order valence-electron chi connectivity index (χ4n) is 3.37. The number of hydrogen-bond acceptors (Lipinski definition) is 5. The lowest BCUT2D eigenvalue weighted by Gasteiger charge is -2.21. The van der Waals surface area contributed by atoms with E-state index in [2.05, 4.69) is 11.4 Å². The predicted octanol–water partition coefficient (Wildman–Crippen LogP) is 1.86. The summed E-state index contributed by atoms with van der Waals surface area (Å²) in [5.41, 5.74) is 1.62. The lowest BCUT2D eigenvalue weighted by atomic mass is 9.96. The molecule has 1 saturated heterocycles. The summed E-state index contributed by atoms with van der Waals surface area (Å²) in [6.07, 6.45) is 6.33. The van der Waals surface area contributed by atoms with E-state index in [1.165, 1.54) is 20.5 Å². The van der Waals surface area contributed by atoms with Gasteiger partial charge in [-0.1, -0.05) is 0 Å². The first-order valence-electron chi connectivity index (χ1n) is 7.74. The Bertz CT molecular complexity index is 777. The minimum atomic E-state index is -3.40. The molecule has 3 rings (SSSR count). The number of fused-ring (bicyclic) bond motifs is 1. The van der Waals surface area contributed by atoms with Crippen LogP contribution in [0.1, 0.15) is 41.7 Å². The van der Waals surface area contributed by atoms with Crippen molar-refractivity contribution in [2.45, 2.75) is 44.6 Å².